The number of carbonyl (C=O) groups is 1. The van der Waals surface area contributed by atoms with Crippen LogP contribution in [0.3, 0.4) is 0 Å². The molecule has 114 valence electrons. The van der Waals surface area contributed by atoms with Gasteiger partial charge >= 0.3 is 0 Å². The second-order valence-corrected chi connectivity index (χ2v) is 6.84. The molecule has 2 aromatic rings. The van der Waals surface area contributed by atoms with Gasteiger partial charge in [0.1, 0.15) is 5.69 Å². The van der Waals surface area contributed by atoms with Crippen LogP contribution in [0.2, 0.25) is 0 Å². The molecule has 0 radical (unpaired) electrons. The number of amides is 1. The third kappa shape index (κ3) is 2.36. The lowest BCUT2D eigenvalue weighted by Crippen LogP contribution is -2.40. The summed E-state index contributed by atoms with van der Waals surface area (Å²) in [5.74, 6) is 2.24. The van der Waals surface area contributed by atoms with Crippen molar-refractivity contribution in [3.8, 4) is 0 Å². The molecular formula is C18H21N3O. The average Bonchev–Trinajstić information content (AvgIpc) is 3.17. The Morgan fingerprint density at radius 2 is 2.05 bits per heavy atom. The van der Waals surface area contributed by atoms with Crippen molar-refractivity contribution in [3.05, 3.63) is 36.2 Å². The third-order valence-electron chi connectivity index (χ3n) is 5.47. The van der Waals surface area contributed by atoms with Gasteiger partial charge in [-0.05, 0) is 56.1 Å². The molecule has 1 amide bonds. The van der Waals surface area contributed by atoms with Crippen molar-refractivity contribution < 1.29 is 4.79 Å². The first kappa shape index (κ1) is 13.7. The highest BCUT2D eigenvalue weighted by Gasteiger charge is 2.42. The lowest BCUT2D eigenvalue weighted by atomic mass is 9.84. The van der Waals surface area contributed by atoms with Crippen LogP contribution in [0.15, 0.2) is 30.5 Å². The van der Waals surface area contributed by atoms with Gasteiger partial charge in [0.2, 0.25) is 0 Å². The molecule has 1 aromatic heterocycles. The first-order valence-electron chi connectivity index (χ1n) is 8.23. The molecule has 4 heteroatoms. The topological polar surface area (TPSA) is 54.9 Å². The number of hydrogen-bond donors (Lipinski definition) is 1. The zero-order valence-corrected chi connectivity index (χ0v) is 12.8. The van der Waals surface area contributed by atoms with Crippen molar-refractivity contribution in [2.24, 2.45) is 17.8 Å². The Hall–Kier alpha value is -1.97. The van der Waals surface area contributed by atoms with E-state index >= 15 is 0 Å². The Bertz CT molecular complexity index is 714. The van der Waals surface area contributed by atoms with Gasteiger partial charge in [0.25, 0.3) is 5.91 Å². The van der Waals surface area contributed by atoms with Crippen LogP contribution in [0.25, 0.3) is 11.0 Å². The second kappa shape index (κ2) is 5.34. The van der Waals surface area contributed by atoms with E-state index in [1.165, 1.54) is 25.7 Å². The van der Waals surface area contributed by atoms with Crippen LogP contribution < -0.4 is 5.32 Å². The molecule has 4 nitrogen and oxygen atoms in total. The minimum Gasteiger partial charge on any atom is -0.348 e. The van der Waals surface area contributed by atoms with E-state index in [0.717, 1.165) is 22.9 Å². The number of carbonyl (C=O) groups excluding carboxylic acids is 1. The number of aromatic nitrogens is 2. The fraction of sp³-hybridized carbons (Fsp3) is 0.500. The Balaban J connectivity index is 1.48. The fourth-order valence-corrected chi connectivity index (χ4v) is 4.36. The molecule has 0 spiro atoms. The maximum atomic E-state index is 12.4. The quantitative estimate of drug-likeness (QED) is 0.946. The lowest BCUT2D eigenvalue weighted by Gasteiger charge is -2.28. The first-order chi connectivity index (χ1) is 10.7. The Morgan fingerprint density at radius 1 is 1.23 bits per heavy atom. The summed E-state index contributed by atoms with van der Waals surface area (Å²) in [6, 6.07) is 7.85. The van der Waals surface area contributed by atoms with Crippen LogP contribution in [-0.4, -0.2) is 21.9 Å². The third-order valence-corrected chi connectivity index (χ3v) is 5.47. The van der Waals surface area contributed by atoms with Crippen molar-refractivity contribution in [1.29, 1.82) is 0 Å². The summed E-state index contributed by atoms with van der Waals surface area (Å²) >= 11 is 0. The molecule has 2 fully saturated rings. The standard InChI is InChI=1S/C18H21N3O/c1-11(14-9-12-6-7-13(14)8-12)20-18(22)17-10-19-15-4-2-3-5-16(15)21-17/h2-5,10-14H,6-9H2,1H3,(H,20,22)/t11-,12+,13+,14+/m1/s1. The fourth-order valence-electron chi connectivity index (χ4n) is 4.36. The zero-order valence-electron chi connectivity index (χ0n) is 12.8. The van der Waals surface area contributed by atoms with Crippen molar-refractivity contribution in [3.63, 3.8) is 0 Å². The van der Waals surface area contributed by atoms with E-state index in [2.05, 4.69) is 22.2 Å². The molecule has 22 heavy (non-hydrogen) atoms. The van der Waals surface area contributed by atoms with Crippen LogP contribution in [0.1, 0.15) is 43.1 Å². The Kier molecular flexibility index (Phi) is 3.32. The molecule has 0 aliphatic heterocycles. The van der Waals surface area contributed by atoms with Crippen LogP contribution in [-0.2, 0) is 0 Å². The van der Waals surface area contributed by atoms with Gasteiger partial charge in [0.05, 0.1) is 17.2 Å². The number of benzene rings is 1. The molecule has 1 heterocycles. The van der Waals surface area contributed by atoms with Gasteiger partial charge in [-0.25, -0.2) is 4.98 Å². The minimum absolute atomic E-state index is 0.103. The predicted molar refractivity (Wildman–Crippen MR) is 85.4 cm³/mol. The van der Waals surface area contributed by atoms with Gasteiger partial charge in [0, 0.05) is 6.04 Å². The van der Waals surface area contributed by atoms with Crippen LogP contribution in [0, 0.1) is 17.8 Å². The molecule has 0 saturated heterocycles. The minimum atomic E-state index is -0.103. The van der Waals surface area contributed by atoms with E-state index in [4.69, 9.17) is 0 Å². The molecule has 1 N–H and O–H groups in total. The van der Waals surface area contributed by atoms with Gasteiger partial charge in [-0.1, -0.05) is 18.6 Å². The summed E-state index contributed by atoms with van der Waals surface area (Å²) in [7, 11) is 0. The van der Waals surface area contributed by atoms with E-state index < -0.39 is 0 Å². The first-order valence-corrected chi connectivity index (χ1v) is 8.23. The lowest BCUT2D eigenvalue weighted by molar-refractivity contribution is 0.0910. The summed E-state index contributed by atoms with van der Waals surface area (Å²) in [4.78, 5) is 21.2. The summed E-state index contributed by atoms with van der Waals surface area (Å²) < 4.78 is 0. The number of nitrogens with one attached hydrogen (secondary N) is 1. The monoisotopic (exact) mass is 295 g/mol. The van der Waals surface area contributed by atoms with Crippen molar-refractivity contribution in [2.45, 2.75) is 38.6 Å². The summed E-state index contributed by atoms with van der Waals surface area (Å²) in [6.45, 7) is 2.14. The number of para-hydroxylation sites is 2. The molecule has 2 saturated carbocycles. The Morgan fingerprint density at radius 3 is 2.77 bits per heavy atom. The van der Waals surface area contributed by atoms with E-state index in [1.807, 2.05) is 24.3 Å². The molecule has 2 aliphatic carbocycles. The Labute approximate surface area is 130 Å². The van der Waals surface area contributed by atoms with Gasteiger partial charge < -0.3 is 5.32 Å². The van der Waals surface area contributed by atoms with Gasteiger partial charge in [0.15, 0.2) is 0 Å². The molecule has 0 unspecified atom stereocenters. The second-order valence-electron chi connectivity index (χ2n) is 6.84. The van der Waals surface area contributed by atoms with Gasteiger partial charge in [-0.2, -0.15) is 0 Å². The van der Waals surface area contributed by atoms with Crippen LogP contribution in [0.5, 0.6) is 0 Å². The van der Waals surface area contributed by atoms with Crippen molar-refractivity contribution in [2.75, 3.05) is 0 Å². The number of fused-ring (bicyclic) bond motifs is 3. The SMILES string of the molecule is C[C@@H](NC(=O)c1cnc2ccccc2n1)[C@@H]1C[C@H]2CC[C@H]1C2. The normalized spacial score (nSPS) is 28.0. The highest BCUT2D eigenvalue weighted by molar-refractivity contribution is 5.93. The molecule has 2 bridgehead atoms. The number of nitrogens with zero attached hydrogens (tertiary/aromatic N) is 2. The van der Waals surface area contributed by atoms with E-state index in [9.17, 15) is 4.79 Å². The van der Waals surface area contributed by atoms with Crippen LogP contribution in [0.4, 0.5) is 0 Å². The maximum Gasteiger partial charge on any atom is 0.271 e. The smallest absolute Gasteiger partial charge is 0.271 e. The highest BCUT2D eigenvalue weighted by atomic mass is 16.1. The van der Waals surface area contributed by atoms with Crippen LogP contribution >= 0.6 is 0 Å². The molecule has 1 aromatic carbocycles. The van der Waals surface area contributed by atoms with Gasteiger partial charge in [-0.3, -0.25) is 9.78 Å². The molecule has 4 rings (SSSR count). The summed E-state index contributed by atoms with van der Waals surface area (Å²) in [5, 5.41) is 3.15. The van der Waals surface area contributed by atoms with E-state index in [-0.39, 0.29) is 11.9 Å². The highest BCUT2D eigenvalue weighted by Crippen LogP contribution is 2.49. The molecule has 2 aliphatic rings. The number of rotatable bonds is 3. The van der Waals surface area contributed by atoms with E-state index in [0.29, 0.717) is 11.6 Å². The largest absolute Gasteiger partial charge is 0.348 e. The predicted octanol–water partition coefficient (Wildman–Crippen LogP) is 3.18. The van der Waals surface area contributed by atoms with Gasteiger partial charge in [-0.15, -0.1) is 0 Å². The average molecular weight is 295 g/mol. The molecular weight excluding hydrogens is 274 g/mol. The van der Waals surface area contributed by atoms with Crippen molar-refractivity contribution in [1.82, 2.24) is 15.3 Å². The number of hydrogen-bond acceptors (Lipinski definition) is 3. The zero-order chi connectivity index (χ0) is 15.1. The molecule has 4 atom stereocenters. The summed E-state index contributed by atoms with van der Waals surface area (Å²) in [5.41, 5.74) is 2.00. The summed E-state index contributed by atoms with van der Waals surface area (Å²) in [6.07, 6.45) is 6.94. The van der Waals surface area contributed by atoms with E-state index in [1.54, 1.807) is 6.20 Å². The maximum absolute atomic E-state index is 12.4. The van der Waals surface area contributed by atoms with Crippen molar-refractivity contribution >= 4 is 16.9 Å².